The molecule has 58 valence electrons. The molecule has 2 saturated heterocycles. The molecule has 2 rings (SSSR count). The van der Waals surface area contributed by atoms with Crippen LogP contribution >= 0.6 is 0 Å². The monoisotopic (exact) mass is 140 g/mol. The van der Waals surface area contributed by atoms with Gasteiger partial charge >= 0.3 is 0 Å². The molecular weight excluding hydrogens is 124 g/mol. The van der Waals surface area contributed by atoms with Crippen LogP contribution in [0.5, 0.6) is 0 Å². The van der Waals surface area contributed by atoms with E-state index in [0.29, 0.717) is 5.54 Å². The molecule has 10 heavy (non-hydrogen) atoms. The molecule has 0 saturated carbocycles. The van der Waals surface area contributed by atoms with Gasteiger partial charge in [0.1, 0.15) is 0 Å². The molecule has 0 aromatic rings. The van der Waals surface area contributed by atoms with Gasteiger partial charge in [-0.25, -0.2) is 0 Å². The van der Waals surface area contributed by atoms with Gasteiger partial charge in [0.2, 0.25) is 0 Å². The molecular formula is C8H16N2. The van der Waals surface area contributed by atoms with Gasteiger partial charge in [0.15, 0.2) is 0 Å². The molecule has 2 heteroatoms. The van der Waals surface area contributed by atoms with Crippen molar-refractivity contribution in [3.63, 3.8) is 0 Å². The van der Waals surface area contributed by atoms with E-state index in [9.17, 15) is 0 Å². The normalized spacial score (nSPS) is 38.4. The standard InChI is InChI=1S/C8H16N2/c1-9-5-3-8(4-6-9)7-10(8)2/h3-7H2,1-2H3. The fraction of sp³-hybridized carbons (Fsp3) is 1.00. The zero-order valence-corrected chi connectivity index (χ0v) is 6.93. The number of likely N-dealkylation sites (N-methyl/N-ethyl adjacent to an activating group) is 1. The van der Waals surface area contributed by atoms with E-state index in [-0.39, 0.29) is 0 Å². The molecule has 2 heterocycles. The second kappa shape index (κ2) is 1.95. The Hall–Kier alpha value is -0.0800. The van der Waals surface area contributed by atoms with Crippen molar-refractivity contribution in [3.05, 3.63) is 0 Å². The fourth-order valence-corrected chi connectivity index (χ4v) is 1.98. The minimum absolute atomic E-state index is 0.659. The lowest BCUT2D eigenvalue weighted by molar-refractivity contribution is 0.217. The number of hydrogen-bond donors (Lipinski definition) is 0. The summed E-state index contributed by atoms with van der Waals surface area (Å²) in [5.41, 5.74) is 0.659. The van der Waals surface area contributed by atoms with Crippen LogP contribution in [0.1, 0.15) is 12.8 Å². The van der Waals surface area contributed by atoms with Crippen LogP contribution in [0.2, 0.25) is 0 Å². The maximum atomic E-state index is 2.49. The van der Waals surface area contributed by atoms with E-state index in [1.165, 1.54) is 32.5 Å². The van der Waals surface area contributed by atoms with Crippen LogP contribution < -0.4 is 0 Å². The zero-order chi connectivity index (χ0) is 7.19. The van der Waals surface area contributed by atoms with Gasteiger partial charge in [-0.3, -0.25) is 4.90 Å². The number of nitrogens with zero attached hydrogens (tertiary/aromatic N) is 2. The van der Waals surface area contributed by atoms with Gasteiger partial charge in [-0.05, 0) is 40.0 Å². The van der Waals surface area contributed by atoms with Gasteiger partial charge in [0.05, 0.1) is 0 Å². The molecule has 0 N–H and O–H groups in total. The summed E-state index contributed by atoms with van der Waals surface area (Å²) < 4.78 is 0. The van der Waals surface area contributed by atoms with E-state index >= 15 is 0 Å². The average Bonchev–Trinajstić information content (AvgIpc) is 2.53. The van der Waals surface area contributed by atoms with Crippen molar-refractivity contribution in [1.29, 1.82) is 0 Å². The molecule has 2 nitrogen and oxygen atoms in total. The van der Waals surface area contributed by atoms with Gasteiger partial charge < -0.3 is 4.90 Å². The van der Waals surface area contributed by atoms with Crippen LogP contribution in [0.15, 0.2) is 0 Å². The minimum Gasteiger partial charge on any atom is -0.306 e. The molecule has 1 spiro atoms. The summed E-state index contributed by atoms with van der Waals surface area (Å²) in [6.45, 7) is 3.94. The Labute approximate surface area is 62.8 Å². The molecule has 0 aromatic heterocycles. The first kappa shape index (κ1) is 6.62. The lowest BCUT2D eigenvalue weighted by Crippen LogP contribution is -2.36. The van der Waals surface area contributed by atoms with E-state index in [4.69, 9.17) is 0 Å². The van der Waals surface area contributed by atoms with E-state index in [1.54, 1.807) is 0 Å². The Morgan fingerprint density at radius 1 is 1.10 bits per heavy atom. The third kappa shape index (κ3) is 0.867. The molecule has 0 amide bonds. The molecule has 2 aliphatic heterocycles. The van der Waals surface area contributed by atoms with Crippen LogP contribution in [0.4, 0.5) is 0 Å². The van der Waals surface area contributed by atoms with Crippen molar-refractivity contribution in [3.8, 4) is 0 Å². The third-order valence-corrected chi connectivity index (χ3v) is 3.16. The second-order valence-electron chi connectivity index (χ2n) is 3.88. The highest BCUT2D eigenvalue weighted by Gasteiger charge is 2.49. The lowest BCUT2D eigenvalue weighted by atomic mass is 9.97. The van der Waals surface area contributed by atoms with Crippen LogP contribution in [0.25, 0.3) is 0 Å². The largest absolute Gasteiger partial charge is 0.306 e. The summed E-state index contributed by atoms with van der Waals surface area (Å²) >= 11 is 0. The first-order valence-corrected chi connectivity index (χ1v) is 4.13. The topological polar surface area (TPSA) is 6.25 Å². The molecule has 0 bridgehead atoms. The first-order chi connectivity index (χ1) is 4.73. The summed E-state index contributed by atoms with van der Waals surface area (Å²) in [4.78, 5) is 4.91. The van der Waals surface area contributed by atoms with Crippen molar-refractivity contribution in [2.45, 2.75) is 18.4 Å². The van der Waals surface area contributed by atoms with E-state index in [0.717, 1.165) is 0 Å². The number of hydrogen-bond acceptors (Lipinski definition) is 2. The third-order valence-electron chi connectivity index (χ3n) is 3.16. The van der Waals surface area contributed by atoms with Gasteiger partial charge in [-0.1, -0.05) is 0 Å². The smallest absolute Gasteiger partial charge is 0.0358 e. The summed E-state index contributed by atoms with van der Waals surface area (Å²) in [5.74, 6) is 0. The Kier molecular flexibility index (Phi) is 1.29. The van der Waals surface area contributed by atoms with Crippen molar-refractivity contribution in [1.82, 2.24) is 9.80 Å². The number of likely N-dealkylation sites (tertiary alicyclic amines) is 1. The van der Waals surface area contributed by atoms with Gasteiger partial charge in [-0.15, -0.1) is 0 Å². The van der Waals surface area contributed by atoms with Crippen LogP contribution in [-0.4, -0.2) is 49.1 Å². The lowest BCUT2D eigenvalue weighted by Gasteiger charge is -2.28. The number of piperidine rings is 1. The quantitative estimate of drug-likeness (QED) is 0.449. The molecule has 2 fully saturated rings. The Bertz CT molecular complexity index is 136. The Balaban J connectivity index is 1.93. The predicted molar refractivity (Wildman–Crippen MR) is 42.1 cm³/mol. The van der Waals surface area contributed by atoms with Crippen molar-refractivity contribution in [2.24, 2.45) is 0 Å². The van der Waals surface area contributed by atoms with Crippen LogP contribution in [0.3, 0.4) is 0 Å². The Morgan fingerprint density at radius 2 is 1.60 bits per heavy atom. The number of rotatable bonds is 0. The second-order valence-corrected chi connectivity index (χ2v) is 3.88. The van der Waals surface area contributed by atoms with E-state index < -0.39 is 0 Å². The highest BCUT2D eigenvalue weighted by Crippen LogP contribution is 2.39. The minimum atomic E-state index is 0.659. The van der Waals surface area contributed by atoms with Gasteiger partial charge in [0, 0.05) is 12.1 Å². The van der Waals surface area contributed by atoms with Crippen molar-refractivity contribution in [2.75, 3.05) is 33.7 Å². The fourth-order valence-electron chi connectivity index (χ4n) is 1.98. The summed E-state index contributed by atoms with van der Waals surface area (Å²) in [6, 6.07) is 0. The van der Waals surface area contributed by atoms with Gasteiger partial charge in [0.25, 0.3) is 0 Å². The molecule has 0 aromatic carbocycles. The molecule has 0 radical (unpaired) electrons. The summed E-state index contributed by atoms with van der Waals surface area (Å²) in [7, 11) is 4.46. The molecule has 1 unspecified atom stereocenters. The molecule has 2 aliphatic rings. The van der Waals surface area contributed by atoms with Crippen LogP contribution in [-0.2, 0) is 0 Å². The maximum Gasteiger partial charge on any atom is 0.0358 e. The highest BCUT2D eigenvalue weighted by molar-refractivity contribution is 5.07. The van der Waals surface area contributed by atoms with Crippen molar-refractivity contribution < 1.29 is 0 Å². The zero-order valence-electron chi connectivity index (χ0n) is 6.93. The molecule has 1 atom stereocenters. The summed E-state index contributed by atoms with van der Waals surface area (Å²) in [5, 5.41) is 0. The summed E-state index contributed by atoms with van der Waals surface area (Å²) in [6.07, 6.45) is 2.78. The van der Waals surface area contributed by atoms with Crippen LogP contribution in [0, 0.1) is 0 Å². The first-order valence-electron chi connectivity index (χ1n) is 4.13. The average molecular weight is 140 g/mol. The Morgan fingerprint density at radius 3 is 2.00 bits per heavy atom. The maximum absolute atomic E-state index is 2.49. The van der Waals surface area contributed by atoms with E-state index in [1.807, 2.05) is 0 Å². The molecule has 0 aliphatic carbocycles. The predicted octanol–water partition coefficient (Wildman–Crippen LogP) is 0.396. The van der Waals surface area contributed by atoms with Gasteiger partial charge in [-0.2, -0.15) is 0 Å². The van der Waals surface area contributed by atoms with Crippen molar-refractivity contribution >= 4 is 0 Å². The SMILES string of the molecule is CN1CCC2(CC1)CN2C. The van der Waals surface area contributed by atoms with E-state index in [2.05, 4.69) is 23.9 Å². The highest BCUT2D eigenvalue weighted by atomic mass is 15.4.